The third-order valence-corrected chi connectivity index (χ3v) is 14.1. The number of fused-ring (bicyclic) bond motifs is 19. The molecular formula is C61H39N3. The number of benzene rings is 11. The van der Waals surface area contributed by atoms with Crippen molar-refractivity contribution in [1.29, 1.82) is 0 Å². The molecule has 3 nitrogen and oxygen atoms in total. The van der Waals surface area contributed by atoms with Crippen molar-refractivity contribution < 1.29 is 0 Å². The van der Waals surface area contributed by atoms with E-state index in [0.29, 0.717) is 0 Å². The van der Waals surface area contributed by atoms with Crippen LogP contribution in [0.5, 0.6) is 0 Å². The van der Waals surface area contributed by atoms with Gasteiger partial charge in [0.05, 0.1) is 44.1 Å². The second-order valence-corrected chi connectivity index (χ2v) is 17.2. The number of para-hydroxylation sites is 5. The monoisotopic (exact) mass is 813 g/mol. The van der Waals surface area contributed by atoms with E-state index in [4.69, 9.17) is 0 Å². The Labute approximate surface area is 367 Å². The Morgan fingerprint density at radius 1 is 0.219 bits per heavy atom. The van der Waals surface area contributed by atoms with Crippen molar-refractivity contribution in [1.82, 2.24) is 13.4 Å². The second kappa shape index (κ2) is 12.8. The summed E-state index contributed by atoms with van der Waals surface area (Å²) in [6.45, 7) is 0. The standard InChI is InChI=1S/C60H35N3.CH4/c1-2-15-41-39(13-1)40-14-3-4-16-42(40)51-33-37(29-32-43(41)51)36-27-30-38(31-28-36)61-53-24-8-7-19-46(53)52-34-57-58(35-56(52)61)63-55-26-10-6-18-45(55)48-21-12-23-50(60(48)63)49-22-11-20-47-44-17-5-9-25-54(44)62(57)59(47)49;/h1-35H;1H4. The molecule has 0 bridgehead atoms. The van der Waals surface area contributed by atoms with Gasteiger partial charge in [0.15, 0.2) is 0 Å². The van der Waals surface area contributed by atoms with E-state index in [1.54, 1.807) is 0 Å². The van der Waals surface area contributed by atoms with Crippen LogP contribution in [0.25, 0.3) is 136 Å². The summed E-state index contributed by atoms with van der Waals surface area (Å²) in [4.78, 5) is 0. The zero-order valence-corrected chi connectivity index (χ0v) is 34.0. The van der Waals surface area contributed by atoms with Crippen LogP contribution < -0.4 is 0 Å². The Kier molecular flexibility index (Phi) is 7.06. The number of aromatic nitrogens is 3. The molecule has 4 heterocycles. The molecule has 15 aromatic rings. The maximum atomic E-state index is 2.54. The highest BCUT2D eigenvalue weighted by Gasteiger charge is 2.21. The van der Waals surface area contributed by atoms with Crippen molar-refractivity contribution in [2.24, 2.45) is 0 Å². The number of rotatable bonds is 2. The smallest absolute Gasteiger partial charge is 0.0724 e. The van der Waals surface area contributed by atoms with E-state index in [0.717, 1.165) is 11.2 Å². The van der Waals surface area contributed by atoms with Gasteiger partial charge >= 0.3 is 0 Å². The molecule has 0 aliphatic heterocycles. The molecule has 0 fully saturated rings. The van der Waals surface area contributed by atoms with Crippen LogP contribution in [0.1, 0.15) is 7.43 Å². The zero-order chi connectivity index (χ0) is 40.9. The second-order valence-electron chi connectivity index (χ2n) is 17.2. The maximum absolute atomic E-state index is 2.54. The van der Waals surface area contributed by atoms with Crippen molar-refractivity contribution in [3.8, 4) is 16.8 Å². The highest BCUT2D eigenvalue weighted by atomic mass is 15.0. The van der Waals surface area contributed by atoms with Crippen LogP contribution in [-0.4, -0.2) is 13.4 Å². The third kappa shape index (κ3) is 4.50. The molecule has 0 saturated carbocycles. The first-order chi connectivity index (χ1) is 31.3. The molecule has 0 radical (unpaired) electrons. The lowest BCUT2D eigenvalue weighted by molar-refractivity contribution is 1.18. The van der Waals surface area contributed by atoms with E-state index >= 15 is 0 Å². The SMILES string of the molecule is C.c1ccc2c(c1)c1ccccc1c1cc(-c3ccc(-n4c5ccccc5c5cc6c(cc54)n4c5ccccc5c5cccc(c7cccc8c9ccccc9n6c87)c54)cc3)ccc21. The van der Waals surface area contributed by atoms with Crippen LogP contribution >= 0.6 is 0 Å². The Morgan fingerprint density at radius 2 is 0.609 bits per heavy atom. The van der Waals surface area contributed by atoms with Crippen molar-refractivity contribution >= 4 is 120 Å². The fraction of sp³-hybridized carbons (Fsp3) is 0.0164. The van der Waals surface area contributed by atoms with Crippen molar-refractivity contribution in [3.05, 3.63) is 212 Å². The summed E-state index contributed by atoms with van der Waals surface area (Å²) < 4.78 is 7.56. The zero-order valence-electron chi connectivity index (χ0n) is 34.0. The van der Waals surface area contributed by atoms with Gasteiger partial charge in [0.2, 0.25) is 0 Å². The largest absolute Gasteiger partial charge is 0.309 e. The van der Waals surface area contributed by atoms with Crippen LogP contribution in [0.3, 0.4) is 0 Å². The molecule has 0 N–H and O–H groups in total. The van der Waals surface area contributed by atoms with Gasteiger partial charge < -0.3 is 13.4 Å². The molecule has 0 saturated heterocycles. The van der Waals surface area contributed by atoms with Gasteiger partial charge in [0, 0.05) is 48.8 Å². The fourth-order valence-corrected chi connectivity index (χ4v) is 11.5. The molecule has 11 aromatic carbocycles. The Hall–Kier alpha value is -8.40. The van der Waals surface area contributed by atoms with Gasteiger partial charge in [-0.3, -0.25) is 0 Å². The van der Waals surface area contributed by atoms with E-state index in [1.165, 1.54) is 125 Å². The van der Waals surface area contributed by atoms with Crippen LogP contribution in [0, 0.1) is 0 Å². The van der Waals surface area contributed by atoms with Gasteiger partial charge in [-0.2, -0.15) is 0 Å². The number of hydrogen-bond donors (Lipinski definition) is 0. The van der Waals surface area contributed by atoms with Crippen LogP contribution in [0.4, 0.5) is 0 Å². The summed E-state index contributed by atoms with van der Waals surface area (Å²) >= 11 is 0. The van der Waals surface area contributed by atoms with Gasteiger partial charge in [-0.05, 0) is 92.0 Å². The van der Waals surface area contributed by atoms with E-state index in [9.17, 15) is 0 Å². The molecule has 64 heavy (non-hydrogen) atoms. The fourth-order valence-electron chi connectivity index (χ4n) is 11.5. The first-order valence-electron chi connectivity index (χ1n) is 21.9. The average Bonchev–Trinajstić information content (AvgIpc) is 3.99. The molecule has 3 heteroatoms. The van der Waals surface area contributed by atoms with Gasteiger partial charge in [-0.15, -0.1) is 0 Å². The minimum atomic E-state index is 0. The highest BCUT2D eigenvalue weighted by molar-refractivity contribution is 6.27. The quantitative estimate of drug-likeness (QED) is 0.154. The van der Waals surface area contributed by atoms with Crippen LogP contribution in [0.2, 0.25) is 0 Å². The predicted octanol–water partition coefficient (Wildman–Crippen LogP) is 16.8. The van der Waals surface area contributed by atoms with Gasteiger partial charge in [0.1, 0.15) is 0 Å². The van der Waals surface area contributed by atoms with Gasteiger partial charge in [0.25, 0.3) is 0 Å². The van der Waals surface area contributed by atoms with E-state index in [-0.39, 0.29) is 7.43 Å². The summed E-state index contributed by atoms with van der Waals surface area (Å²) in [6, 6.07) is 79.2. The summed E-state index contributed by atoms with van der Waals surface area (Å²) in [5.41, 5.74) is 13.2. The number of hydrogen-bond acceptors (Lipinski definition) is 0. The van der Waals surface area contributed by atoms with E-state index < -0.39 is 0 Å². The van der Waals surface area contributed by atoms with Crippen molar-refractivity contribution in [2.45, 2.75) is 7.43 Å². The molecule has 4 aromatic heterocycles. The minimum absolute atomic E-state index is 0. The lowest BCUT2D eigenvalue weighted by atomic mass is 9.92. The molecular weight excluding hydrogens is 775 g/mol. The summed E-state index contributed by atoms with van der Waals surface area (Å²) in [7, 11) is 0. The molecule has 0 aliphatic rings. The first kappa shape index (κ1) is 35.2. The Balaban J connectivity index is 0.00000395. The minimum Gasteiger partial charge on any atom is -0.309 e. The van der Waals surface area contributed by atoms with Crippen LogP contribution in [-0.2, 0) is 0 Å². The van der Waals surface area contributed by atoms with E-state index in [1.807, 2.05) is 0 Å². The maximum Gasteiger partial charge on any atom is 0.0724 e. The predicted molar refractivity (Wildman–Crippen MR) is 275 cm³/mol. The molecule has 298 valence electrons. The normalized spacial score (nSPS) is 12.2. The number of nitrogens with zero attached hydrogens (tertiary/aromatic N) is 3. The van der Waals surface area contributed by atoms with Crippen LogP contribution in [0.15, 0.2) is 212 Å². The Morgan fingerprint density at radius 3 is 1.16 bits per heavy atom. The third-order valence-electron chi connectivity index (χ3n) is 14.1. The van der Waals surface area contributed by atoms with Gasteiger partial charge in [-0.25, -0.2) is 0 Å². The molecule has 0 spiro atoms. The van der Waals surface area contributed by atoms with Crippen molar-refractivity contribution in [3.63, 3.8) is 0 Å². The molecule has 0 unspecified atom stereocenters. The summed E-state index contributed by atoms with van der Waals surface area (Å²) in [5, 5.41) is 17.8. The topological polar surface area (TPSA) is 13.8 Å². The van der Waals surface area contributed by atoms with E-state index in [2.05, 4.69) is 226 Å². The molecule has 0 amide bonds. The molecule has 0 atom stereocenters. The molecule has 15 rings (SSSR count). The Bertz CT molecular complexity index is 4450. The molecule has 0 aliphatic carbocycles. The lowest BCUT2D eigenvalue weighted by Gasteiger charge is -2.14. The van der Waals surface area contributed by atoms with Gasteiger partial charge in [-0.1, -0.05) is 171 Å². The average molecular weight is 814 g/mol. The summed E-state index contributed by atoms with van der Waals surface area (Å²) in [6.07, 6.45) is 0. The summed E-state index contributed by atoms with van der Waals surface area (Å²) in [5.74, 6) is 0. The van der Waals surface area contributed by atoms with Crippen molar-refractivity contribution in [2.75, 3.05) is 0 Å². The lowest BCUT2D eigenvalue weighted by Crippen LogP contribution is -1.97. The highest BCUT2D eigenvalue weighted by Crippen LogP contribution is 2.43. The first-order valence-corrected chi connectivity index (χ1v) is 21.9.